The van der Waals surface area contributed by atoms with E-state index in [1.54, 1.807) is 24.3 Å². The summed E-state index contributed by atoms with van der Waals surface area (Å²) in [6.07, 6.45) is 0.456. The van der Waals surface area contributed by atoms with Gasteiger partial charge in [0.1, 0.15) is 5.75 Å². The Morgan fingerprint density at radius 3 is 2.20 bits per heavy atom. The summed E-state index contributed by atoms with van der Waals surface area (Å²) in [6, 6.07) is 8.26. The van der Waals surface area contributed by atoms with Gasteiger partial charge in [-0.05, 0) is 42.3 Å². The van der Waals surface area contributed by atoms with Gasteiger partial charge in [0.05, 0.1) is 46.5 Å². The molecule has 0 saturated carbocycles. The van der Waals surface area contributed by atoms with Crippen LogP contribution in [0, 0.1) is 0 Å². The monoisotopic (exact) mass is 508 g/mol. The summed E-state index contributed by atoms with van der Waals surface area (Å²) in [5.74, 6) is 1.78. The Balaban J connectivity index is 1.68. The van der Waals surface area contributed by atoms with E-state index >= 15 is 0 Å². The molecule has 10 nitrogen and oxygen atoms in total. The average Bonchev–Trinajstić information content (AvgIpc) is 2.90. The molecule has 0 unspecified atom stereocenters. The first kappa shape index (κ1) is 26.6. The number of aryl methyl sites for hydroxylation is 1. The Bertz CT molecular complexity index is 1130. The molecule has 1 N–H and O–H groups in total. The fourth-order valence-electron chi connectivity index (χ4n) is 3.88. The van der Waals surface area contributed by atoms with Crippen LogP contribution >= 0.6 is 0 Å². The maximum absolute atomic E-state index is 13.0. The maximum Gasteiger partial charge on any atom is 0.243 e. The van der Waals surface area contributed by atoms with Gasteiger partial charge in [0, 0.05) is 31.6 Å². The van der Waals surface area contributed by atoms with Gasteiger partial charge in [0.25, 0.3) is 0 Å². The average molecular weight is 509 g/mol. The number of nitrogens with zero attached hydrogens (tertiary/aromatic N) is 1. The number of methoxy groups -OCH3 is 4. The quantitative estimate of drug-likeness (QED) is 0.491. The Morgan fingerprint density at radius 1 is 0.914 bits per heavy atom. The molecule has 192 valence electrons. The van der Waals surface area contributed by atoms with Gasteiger partial charge in [-0.3, -0.25) is 4.79 Å². The van der Waals surface area contributed by atoms with Gasteiger partial charge in [-0.25, -0.2) is 8.42 Å². The number of hydrogen-bond donors (Lipinski definition) is 1. The summed E-state index contributed by atoms with van der Waals surface area (Å²) in [5.41, 5.74) is 1.37. The highest BCUT2D eigenvalue weighted by Gasteiger charge is 2.27. The van der Waals surface area contributed by atoms with Crippen LogP contribution in [0.4, 0.5) is 0 Å². The summed E-state index contributed by atoms with van der Waals surface area (Å²) in [7, 11) is 2.43. The second-order valence-electron chi connectivity index (χ2n) is 7.76. The summed E-state index contributed by atoms with van der Waals surface area (Å²) >= 11 is 0. The molecule has 0 aromatic heterocycles. The number of benzene rings is 2. The molecule has 1 heterocycles. The SMILES string of the molecule is COc1ccc(S(=O)(=O)N2CCOCC2)cc1CCC(=O)NCc1ccc(OC)c(OC)c1OC. The van der Waals surface area contributed by atoms with E-state index < -0.39 is 10.0 Å². The topological polar surface area (TPSA) is 113 Å². The highest BCUT2D eigenvalue weighted by atomic mass is 32.2. The van der Waals surface area contributed by atoms with Gasteiger partial charge >= 0.3 is 0 Å². The number of carbonyl (C=O) groups excluding carboxylic acids is 1. The number of rotatable bonds is 11. The lowest BCUT2D eigenvalue weighted by atomic mass is 10.1. The molecule has 2 aromatic carbocycles. The molecule has 0 atom stereocenters. The van der Waals surface area contributed by atoms with Crippen molar-refractivity contribution in [2.75, 3.05) is 54.7 Å². The van der Waals surface area contributed by atoms with Crippen molar-refractivity contribution < 1.29 is 36.9 Å². The minimum atomic E-state index is -3.65. The van der Waals surface area contributed by atoms with Gasteiger partial charge in [-0.1, -0.05) is 0 Å². The van der Waals surface area contributed by atoms with Crippen LogP contribution in [-0.4, -0.2) is 73.4 Å². The molecule has 35 heavy (non-hydrogen) atoms. The molecule has 0 radical (unpaired) electrons. The molecule has 0 spiro atoms. The predicted octanol–water partition coefficient (Wildman–Crippen LogP) is 1.99. The van der Waals surface area contributed by atoms with Crippen molar-refractivity contribution in [2.45, 2.75) is 24.3 Å². The van der Waals surface area contributed by atoms with Crippen LogP contribution in [0.5, 0.6) is 23.0 Å². The minimum absolute atomic E-state index is 0.146. The Kier molecular flexibility index (Phi) is 9.19. The molecule has 1 aliphatic rings. The molecule has 1 saturated heterocycles. The molecule has 0 aliphatic carbocycles. The lowest BCUT2D eigenvalue weighted by Crippen LogP contribution is -2.40. The molecule has 1 fully saturated rings. The fourth-order valence-corrected chi connectivity index (χ4v) is 5.34. The van der Waals surface area contributed by atoms with E-state index in [1.807, 2.05) is 0 Å². The summed E-state index contributed by atoms with van der Waals surface area (Å²) in [6.45, 7) is 1.59. The van der Waals surface area contributed by atoms with Gasteiger partial charge < -0.3 is 29.0 Å². The van der Waals surface area contributed by atoms with Crippen LogP contribution in [-0.2, 0) is 32.5 Å². The number of amides is 1. The van der Waals surface area contributed by atoms with Crippen molar-refractivity contribution in [1.29, 1.82) is 0 Å². The summed E-state index contributed by atoms with van der Waals surface area (Å²) < 4.78 is 54.2. The van der Waals surface area contributed by atoms with Crippen LogP contribution < -0.4 is 24.3 Å². The number of hydrogen-bond acceptors (Lipinski definition) is 8. The van der Waals surface area contributed by atoms with E-state index in [9.17, 15) is 13.2 Å². The summed E-state index contributed by atoms with van der Waals surface area (Å²) in [5, 5.41) is 2.87. The third kappa shape index (κ3) is 6.16. The third-order valence-corrected chi connectivity index (χ3v) is 7.64. The fraction of sp³-hybridized carbons (Fsp3) is 0.458. The summed E-state index contributed by atoms with van der Waals surface area (Å²) in [4.78, 5) is 12.8. The molecular formula is C24H32N2O8S. The van der Waals surface area contributed by atoms with Crippen LogP contribution in [0.1, 0.15) is 17.5 Å². The smallest absolute Gasteiger partial charge is 0.243 e. The minimum Gasteiger partial charge on any atom is -0.496 e. The third-order valence-electron chi connectivity index (χ3n) is 5.74. The van der Waals surface area contributed by atoms with Crippen molar-refractivity contribution in [3.8, 4) is 23.0 Å². The van der Waals surface area contributed by atoms with E-state index in [2.05, 4.69) is 5.32 Å². The van der Waals surface area contributed by atoms with Crippen molar-refractivity contribution >= 4 is 15.9 Å². The number of morpholine rings is 1. The van der Waals surface area contributed by atoms with E-state index in [4.69, 9.17) is 23.7 Å². The van der Waals surface area contributed by atoms with Gasteiger partial charge in [0.15, 0.2) is 11.5 Å². The first-order chi connectivity index (χ1) is 16.8. The zero-order valence-electron chi connectivity index (χ0n) is 20.5. The van der Waals surface area contributed by atoms with Crippen LogP contribution in [0.25, 0.3) is 0 Å². The van der Waals surface area contributed by atoms with Crippen molar-refractivity contribution in [1.82, 2.24) is 9.62 Å². The molecule has 1 amide bonds. The first-order valence-corrected chi connectivity index (χ1v) is 12.6. The lowest BCUT2D eigenvalue weighted by molar-refractivity contribution is -0.121. The van der Waals surface area contributed by atoms with Gasteiger partial charge in [0.2, 0.25) is 21.7 Å². The number of carbonyl (C=O) groups is 1. The van der Waals surface area contributed by atoms with Crippen LogP contribution in [0.15, 0.2) is 35.2 Å². The van der Waals surface area contributed by atoms with E-state index in [-0.39, 0.29) is 23.8 Å². The number of ether oxygens (including phenoxy) is 5. The van der Waals surface area contributed by atoms with Gasteiger partial charge in [-0.2, -0.15) is 4.31 Å². The highest BCUT2D eigenvalue weighted by Crippen LogP contribution is 2.39. The lowest BCUT2D eigenvalue weighted by Gasteiger charge is -2.26. The zero-order chi connectivity index (χ0) is 25.4. The number of sulfonamides is 1. The maximum atomic E-state index is 13.0. The molecule has 3 rings (SSSR count). The first-order valence-electron chi connectivity index (χ1n) is 11.1. The van der Waals surface area contributed by atoms with Crippen molar-refractivity contribution in [3.05, 3.63) is 41.5 Å². The van der Waals surface area contributed by atoms with Gasteiger partial charge in [-0.15, -0.1) is 0 Å². The second-order valence-corrected chi connectivity index (χ2v) is 9.70. The van der Waals surface area contributed by atoms with E-state index in [0.717, 1.165) is 5.56 Å². The molecule has 2 aromatic rings. The predicted molar refractivity (Wildman–Crippen MR) is 129 cm³/mol. The normalized spacial score (nSPS) is 14.3. The standard InChI is InChI=1S/C24H32N2O8S/c1-30-20-9-7-19(35(28,29)26-11-13-34-14-12-26)15-17(20)6-10-22(27)25-16-18-5-8-21(31-2)24(33-4)23(18)32-3/h5,7-9,15H,6,10-14,16H2,1-4H3,(H,25,27). The highest BCUT2D eigenvalue weighted by molar-refractivity contribution is 7.89. The van der Waals surface area contributed by atoms with E-state index in [0.29, 0.717) is 61.3 Å². The molecule has 1 aliphatic heterocycles. The van der Waals surface area contributed by atoms with Crippen molar-refractivity contribution in [2.24, 2.45) is 0 Å². The molecule has 0 bridgehead atoms. The Hall–Kier alpha value is -3.02. The Morgan fingerprint density at radius 2 is 1.57 bits per heavy atom. The molecule has 11 heteroatoms. The zero-order valence-corrected chi connectivity index (χ0v) is 21.3. The van der Waals surface area contributed by atoms with Crippen LogP contribution in [0.2, 0.25) is 0 Å². The second kappa shape index (κ2) is 12.1. The van der Waals surface area contributed by atoms with Crippen LogP contribution in [0.3, 0.4) is 0 Å². The van der Waals surface area contributed by atoms with Crippen molar-refractivity contribution in [3.63, 3.8) is 0 Å². The van der Waals surface area contributed by atoms with E-state index in [1.165, 1.54) is 38.8 Å². The Labute approximate surface area is 206 Å². The number of nitrogens with one attached hydrogen (secondary N) is 1. The largest absolute Gasteiger partial charge is 0.496 e. The molecular weight excluding hydrogens is 476 g/mol.